The number of esters is 1. The highest BCUT2D eigenvalue weighted by Crippen LogP contribution is 1.90. The van der Waals surface area contributed by atoms with E-state index in [0.717, 1.165) is 0 Å². The molecule has 1 aromatic heterocycles. The Morgan fingerprint density at radius 2 is 2.57 bits per heavy atom. The van der Waals surface area contributed by atoms with E-state index in [9.17, 15) is 10.0 Å². The lowest BCUT2D eigenvalue weighted by Gasteiger charge is -2.00. The van der Waals surface area contributed by atoms with Gasteiger partial charge in [-0.05, 0) is 11.9 Å². The van der Waals surface area contributed by atoms with Gasteiger partial charge in [0.15, 0.2) is 0 Å². The van der Waals surface area contributed by atoms with Crippen molar-refractivity contribution in [1.82, 2.24) is 4.98 Å². The summed E-state index contributed by atoms with van der Waals surface area (Å²) in [7, 11) is 0. The zero-order valence-corrected chi connectivity index (χ0v) is 7.71. The van der Waals surface area contributed by atoms with Crippen molar-refractivity contribution in [2.24, 2.45) is 0 Å². The summed E-state index contributed by atoms with van der Waals surface area (Å²) in [4.78, 5) is 14.6. The predicted molar refractivity (Wildman–Crippen MR) is 48.9 cm³/mol. The van der Waals surface area contributed by atoms with Crippen molar-refractivity contribution >= 4 is 12.0 Å². The predicted octanol–water partition coefficient (Wildman–Crippen LogP) is 0.291. The number of nitrogens with zero attached hydrogens (tertiary/aromatic N) is 2. The zero-order valence-electron chi connectivity index (χ0n) is 7.71. The van der Waals surface area contributed by atoms with Crippen LogP contribution in [-0.2, 0) is 9.53 Å². The van der Waals surface area contributed by atoms with Crippen LogP contribution in [-0.4, -0.2) is 17.6 Å². The minimum Gasteiger partial charge on any atom is -0.710 e. The highest BCUT2D eigenvalue weighted by molar-refractivity contribution is 5.86. The van der Waals surface area contributed by atoms with Gasteiger partial charge in [0.1, 0.15) is 6.20 Å². The number of aromatic nitrogens is 2. The number of carbonyl (C=O) groups is 1. The maximum Gasteiger partial charge on any atom is 0.331 e. The molecular weight excluding hydrogens is 184 g/mol. The number of rotatable bonds is 3. The highest BCUT2D eigenvalue weighted by Gasteiger charge is 2.01. The molecule has 0 aliphatic rings. The number of hydrogen-bond donors (Lipinski definition) is 0. The summed E-state index contributed by atoms with van der Waals surface area (Å²) in [5, 5.41) is 11.0. The highest BCUT2D eigenvalue weighted by atomic mass is 16.5. The summed E-state index contributed by atoms with van der Waals surface area (Å²) in [6.45, 7) is 2.02. The van der Waals surface area contributed by atoms with Gasteiger partial charge in [0, 0.05) is 18.2 Å². The average Bonchev–Trinajstić information content (AvgIpc) is 2.17. The van der Waals surface area contributed by atoms with Crippen LogP contribution in [0.15, 0.2) is 24.5 Å². The van der Waals surface area contributed by atoms with Gasteiger partial charge >= 0.3 is 11.8 Å². The molecule has 0 fully saturated rings. The summed E-state index contributed by atoms with van der Waals surface area (Å²) < 4.78 is 5.20. The smallest absolute Gasteiger partial charge is 0.331 e. The third-order valence-electron chi connectivity index (χ3n) is 1.40. The van der Waals surface area contributed by atoms with Crippen molar-refractivity contribution < 1.29 is 14.3 Å². The first-order chi connectivity index (χ1) is 6.74. The fourth-order valence-electron chi connectivity index (χ4n) is 0.819. The minimum atomic E-state index is -0.488. The molecule has 0 bridgehead atoms. The largest absolute Gasteiger partial charge is 0.710 e. The van der Waals surface area contributed by atoms with E-state index in [1.165, 1.54) is 30.6 Å². The molecule has 74 valence electrons. The van der Waals surface area contributed by atoms with Gasteiger partial charge in [0.25, 0.3) is 0 Å². The molecule has 0 aromatic carbocycles. The molecule has 0 saturated carbocycles. The molecular formula is C9H10N2O3. The topological polar surface area (TPSA) is 66.1 Å². The van der Waals surface area contributed by atoms with E-state index in [2.05, 4.69) is 9.72 Å². The van der Waals surface area contributed by atoms with E-state index in [0.29, 0.717) is 11.3 Å². The fraction of sp³-hybridized carbons (Fsp3) is 0.222. The summed E-state index contributed by atoms with van der Waals surface area (Å²) in [5.74, 6) is -0.335. The van der Waals surface area contributed by atoms with Gasteiger partial charge in [-0.15, -0.1) is 0 Å². The normalized spacial score (nSPS) is 10.4. The van der Waals surface area contributed by atoms with Gasteiger partial charge in [-0.25, -0.2) is 9.52 Å². The summed E-state index contributed by atoms with van der Waals surface area (Å²) in [6.07, 6.45) is 5.25. The monoisotopic (exact) mass is 194 g/mol. The van der Waals surface area contributed by atoms with Crippen LogP contribution < -0.4 is 4.73 Å². The molecule has 0 radical (unpaired) electrons. The first-order valence-electron chi connectivity index (χ1n) is 4.13. The van der Waals surface area contributed by atoms with Gasteiger partial charge in [0.05, 0.1) is 12.8 Å². The van der Waals surface area contributed by atoms with Crippen molar-refractivity contribution in [3.63, 3.8) is 0 Å². The molecule has 0 saturated heterocycles. The van der Waals surface area contributed by atoms with E-state index in [4.69, 9.17) is 0 Å². The molecule has 5 heteroatoms. The zero-order chi connectivity index (χ0) is 10.4. The molecule has 0 unspecified atom stereocenters. The lowest BCUT2D eigenvalue weighted by molar-refractivity contribution is -0.610. The number of ether oxygens (including phenoxy) is 1. The van der Waals surface area contributed by atoms with Crippen LogP contribution in [0.1, 0.15) is 12.7 Å². The van der Waals surface area contributed by atoms with Crippen LogP contribution in [0.25, 0.3) is 6.08 Å². The molecule has 0 N–H and O–H groups in total. The standard InChI is InChI=1S/C9H10N2O3/c1-2-14-9(12)5-4-8-10-6-3-7-11(8)13/h3-7H,2H2,1H3/b5-4+. The summed E-state index contributed by atoms with van der Waals surface area (Å²) in [6, 6.07) is 1.51. The fourth-order valence-corrected chi connectivity index (χ4v) is 0.819. The van der Waals surface area contributed by atoms with Crippen molar-refractivity contribution in [3.8, 4) is 0 Å². The second-order valence-corrected chi connectivity index (χ2v) is 2.39. The molecule has 0 aliphatic carbocycles. The molecule has 1 aromatic rings. The third kappa shape index (κ3) is 2.85. The lowest BCUT2D eigenvalue weighted by Crippen LogP contribution is -2.30. The SMILES string of the molecule is CCOC(=O)/C=C/c1nccc[n+]1[O-]. The van der Waals surface area contributed by atoms with Gasteiger partial charge < -0.3 is 9.94 Å². The van der Waals surface area contributed by atoms with Crippen LogP contribution in [0, 0.1) is 5.21 Å². The molecule has 1 heterocycles. The van der Waals surface area contributed by atoms with Gasteiger partial charge in [0.2, 0.25) is 0 Å². The van der Waals surface area contributed by atoms with E-state index < -0.39 is 5.97 Å². The van der Waals surface area contributed by atoms with E-state index in [-0.39, 0.29) is 5.82 Å². The molecule has 1 rings (SSSR count). The Balaban J connectivity index is 2.69. The van der Waals surface area contributed by atoms with Gasteiger partial charge in [-0.3, -0.25) is 0 Å². The Bertz CT molecular complexity index is 350. The Morgan fingerprint density at radius 3 is 3.21 bits per heavy atom. The quantitative estimate of drug-likeness (QED) is 0.300. The lowest BCUT2D eigenvalue weighted by atomic mass is 10.4. The van der Waals surface area contributed by atoms with Crippen LogP contribution in [0.4, 0.5) is 0 Å². The van der Waals surface area contributed by atoms with Crippen molar-refractivity contribution in [2.45, 2.75) is 6.92 Å². The third-order valence-corrected chi connectivity index (χ3v) is 1.40. The maximum atomic E-state index is 11.0. The average molecular weight is 194 g/mol. The Kier molecular flexibility index (Phi) is 3.60. The van der Waals surface area contributed by atoms with E-state index in [1.807, 2.05) is 0 Å². The van der Waals surface area contributed by atoms with Crippen LogP contribution in [0.5, 0.6) is 0 Å². The summed E-state index contributed by atoms with van der Waals surface area (Å²) >= 11 is 0. The first kappa shape index (κ1) is 10.2. The molecule has 0 amide bonds. The van der Waals surface area contributed by atoms with E-state index in [1.54, 1.807) is 6.92 Å². The van der Waals surface area contributed by atoms with Crippen molar-refractivity contribution in [3.05, 3.63) is 35.6 Å². The van der Waals surface area contributed by atoms with Crippen molar-refractivity contribution in [1.29, 1.82) is 0 Å². The molecule has 5 nitrogen and oxygen atoms in total. The Hall–Kier alpha value is -1.91. The van der Waals surface area contributed by atoms with Crippen LogP contribution in [0.2, 0.25) is 0 Å². The molecule has 0 spiro atoms. The first-order valence-corrected chi connectivity index (χ1v) is 4.13. The maximum absolute atomic E-state index is 11.0. The second kappa shape index (κ2) is 4.96. The number of hydrogen-bond acceptors (Lipinski definition) is 4. The second-order valence-electron chi connectivity index (χ2n) is 2.39. The molecule has 0 atom stereocenters. The Labute approximate surface area is 81.2 Å². The van der Waals surface area contributed by atoms with E-state index >= 15 is 0 Å². The van der Waals surface area contributed by atoms with Gasteiger partial charge in [-0.2, -0.15) is 0 Å². The minimum absolute atomic E-state index is 0.153. The van der Waals surface area contributed by atoms with Crippen LogP contribution in [0.3, 0.4) is 0 Å². The number of carbonyl (C=O) groups excluding carboxylic acids is 1. The Morgan fingerprint density at radius 1 is 1.79 bits per heavy atom. The molecule has 0 aliphatic heterocycles. The summed E-state index contributed by atoms with van der Waals surface area (Å²) in [5.41, 5.74) is 0. The van der Waals surface area contributed by atoms with Crippen LogP contribution >= 0.6 is 0 Å². The van der Waals surface area contributed by atoms with Crippen molar-refractivity contribution in [2.75, 3.05) is 6.61 Å². The molecule has 14 heavy (non-hydrogen) atoms. The van der Waals surface area contributed by atoms with Gasteiger partial charge in [-0.1, -0.05) is 0 Å².